The molecule has 1 fully saturated rings. The Kier molecular flexibility index (Phi) is 6.98. The number of ether oxygens (including phenoxy) is 1. The van der Waals surface area contributed by atoms with E-state index in [0.29, 0.717) is 12.2 Å². The number of fused-ring (bicyclic) bond motifs is 1. The molecule has 196 valence electrons. The van der Waals surface area contributed by atoms with Crippen LogP contribution in [0.2, 0.25) is 0 Å². The van der Waals surface area contributed by atoms with E-state index in [1.807, 2.05) is 18.7 Å². The first-order chi connectivity index (χ1) is 16.8. The lowest BCUT2D eigenvalue weighted by Gasteiger charge is -2.39. The van der Waals surface area contributed by atoms with Gasteiger partial charge in [-0.1, -0.05) is 25.2 Å². The Balaban J connectivity index is 1.67. The van der Waals surface area contributed by atoms with Crippen molar-refractivity contribution < 1.29 is 31.1 Å². The lowest BCUT2D eigenvalue weighted by atomic mass is 9.77. The van der Waals surface area contributed by atoms with Gasteiger partial charge in [0.1, 0.15) is 11.8 Å². The predicted molar refractivity (Wildman–Crippen MR) is 128 cm³/mol. The molecule has 0 unspecified atom stereocenters. The van der Waals surface area contributed by atoms with Crippen LogP contribution in [0.25, 0.3) is 0 Å². The number of hydrogen-bond acceptors (Lipinski definition) is 10. The zero-order valence-electron chi connectivity index (χ0n) is 19.8. The van der Waals surface area contributed by atoms with Gasteiger partial charge < -0.3 is 9.64 Å². The minimum absolute atomic E-state index is 0.0259. The van der Waals surface area contributed by atoms with Crippen LogP contribution < -0.4 is 9.62 Å². The normalized spacial score (nSPS) is 18.4. The van der Waals surface area contributed by atoms with E-state index in [0.717, 1.165) is 49.0 Å². The molecule has 15 heteroatoms. The van der Waals surface area contributed by atoms with Gasteiger partial charge in [0.05, 0.1) is 5.69 Å². The number of carbonyl (C=O) groups is 1. The van der Waals surface area contributed by atoms with E-state index in [9.17, 15) is 26.4 Å². The number of nitrogens with zero attached hydrogens (tertiary/aromatic N) is 5. The molecule has 1 aromatic heterocycles. The number of anilines is 2. The second kappa shape index (κ2) is 9.57. The van der Waals surface area contributed by atoms with Crippen molar-refractivity contribution >= 4 is 49.5 Å². The largest absolute Gasteiger partial charge is 0.516 e. The first-order valence-corrected chi connectivity index (χ1v) is 13.5. The van der Waals surface area contributed by atoms with Crippen LogP contribution in [0.4, 0.5) is 35.4 Å². The highest BCUT2D eigenvalue weighted by Crippen LogP contribution is 2.45. The molecule has 2 heterocycles. The average molecular weight is 547 g/mol. The van der Waals surface area contributed by atoms with Gasteiger partial charge in [-0.3, -0.25) is 4.72 Å². The van der Waals surface area contributed by atoms with Gasteiger partial charge >= 0.3 is 21.5 Å². The molecule has 4 rings (SSSR count). The third-order valence-corrected chi connectivity index (χ3v) is 8.17. The van der Waals surface area contributed by atoms with Crippen molar-refractivity contribution in [2.45, 2.75) is 63.0 Å². The molecule has 1 aliphatic heterocycles. The Morgan fingerprint density at radius 1 is 1.22 bits per heavy atom. The molecule has 1 aliphatic carbocycles. The summed E-state index contributed by atoms with van der Waals surface area (Å²) in [5, 5.41) is 15.4. The number of alkyl halides is 3. The van der Waals surface area contributed by atoms with Crippen LogP contribution in [-0.4, -0.2) is 49.8 Å². The Bertz CT molecular complexity index is 1290. The van der Waals surface area contributed by atoms with Crippen LogP contribution in [0.3, 0.4) is 0 Å². The second-order valence-corrected chi connectivity index (χ2v) is 12.0. The van der Waals surface area contributed by atoms with Crippen LogP contribution in [0.15, 0.2) is 22.4 Å². The zero-order valence-corrected chi connectivity index (χ0v) is 21.4. The molecule has 2 aromatic rings. The van der Waals surface area contributed by atoms with E-state index >= 15 is 0 Å². The van der Waals surface area contributed by atoms with Crippen molar-refractivity contribution in [3.8, 4) is 0 Å². The molecular formula is C21H25F3N6O4S2. The minimum Gasteiger partial charge on any atom is -0.457 e. The van der Waals surface area contributed by atoms with E-state index in [-0.39, 0.29) is 33.0 Å². The SMILES string of the molecule is CN1CCC(C)(C)c2cc(N=Nc3nnc(C(=O)OC4CCCC4)s3)c(NS(=O)(=O)C(F)(F)F)cc21. The number of nitrogens with one attached hydrogen (secondary N) is 1. The number of aromatic nitrogens is 2. The highest BCUT2D eigenvalue weighted by molar-refractivity contribution is 7.93. The van der Waals surface area contributed by atoms with Crippen molar-refractivity contribution in [2.75, 3.05) is 23.2 Å². The molecule has 0 spiro atoms. The molecular weight excluding hydrogens is 521 g/mol. The quantitative estimate of drug-likeness (QED) is 0.378. The van der Waals surface area contributed by atoms with Gasteiger partial charge in [0.25, 0.3) is 5.13 Å². The third kappa shape index (κ3) is 5.45. The average Bonchev–Trinajstić information content (AvgIpc) is 3.46. The Hall–Kier alpha value is -2.81. The maximum absolute atomic E-state index is 13.1. The van der Waals surface area contributed by atoms with Gasteiger partial charge in [-0.05, 0) is 55.2 Å². The highest BCUT2D eigenvalue weighted by atomic mass is 32.2. The van der Waals surface area contributed by atoms with Crippen LogP contribution in [0, 0.1) is 0 Å². The summed E-state index contributed by atoms with van der Waals surface area (Å²) < 4.78 is 69.9. The highest BCUT2D eigenvalue weighted by Gasteiger charge is 2.46. The van der Waals surface area contributed by atoms with Crippen molar-refractivity contribution in [3.05, 3.63) is 22.7 Å². The summed E-state index contributed by atoms with van der Waals surface area (Å²) in [5.74, 6) is -0.627. The third-order valence-electron chi connectivity index (χ3n) is 6.28. The zero-order chi connectivity index (χ0) is 26.3. The van der Waals surface area contributed by atoms with E-state index in [4.69, 9.17) is 4.74 Å². The minimum atomic E-state index is -5.70. The lowest BCUT2D eigenvalue weighted by molar-refractivity contribution is -0.0429. The summed E-state index contributed by atoms with van der Waals surface area (Å²) in [4.78, 5) is 14.1. The Labute approximate surface area is 210 Å². The predicted octanol–water partition coefficient (Wildman–Crippen LogP) is 5.43. The summed E-state index contributed by atoms with van der Waals surface area (Å²) in [7, 11) is -3.94. The maximum atomic E-state index is 13.1. The first-order valence-electron chi connectivity index (χ1n) is 11.2. The fraction of sp³-hybridized carbons (Fsp3) is 0.571. The number of rotatable bonds is 6. The van der Waals surface area contributed by atoms with Crippen LogP contribution in [-0.2, 0) is 20.2 Å². The molecule has 1 saturated carbocycles. The molecule has 36 heavy (non-hydrogen) atoms. The number of sulfonamides is 1. The molecule has 0 radical (unpaired) electrons. The molecule has 0 saturated heterocycles. The fourth-order valence-electron chi connectivity index (χ4n) is 4.15. The topological polar surface area (TPSA) is 126 Å². The van der Waals surface area contributed by atoms with Crippen LogP contribution in [0.1, 0.15) is 61.3 Å². The standard InChI is InChI=1S/C21H25F3N6O4S2/c1-20(2)8-9-30(3)16-11-15(29-36(32,33)21(22,23)24)14(10-13(16)20)25-27-19-28-26-17(35-19)18(31)34-12-6-4-5-7-12/h10-12,29H,4-9H2,1-3H3. The van der Waals surface area contributed by atoms with Crippen molar-refractivity contribution in [1.82, 2.24) is 10.2 Å². The number of carbonyl (C=O) groups excluding carboxylic acids is 1. The number of azo groups is 1. The molecule has 2 aliphatic rings. The Morgan fingerprint density at radius 2 is 1.92 bits per heavy atom. The lowest BCUT2D eigenvalue weighted by Crippen LogP contribution is -2.35. The monoisotopic (exact) mass is 546 g/mol. The summed E-state index contributed by atoms with van der Waals surface area (Å²) in [5.41, 5.74) is -5.01. The number of hydrogen-bond donors (Lipinski definition) is 1. The summed E-state index contributed by atoms with van der Waals surface area (Å²) >= 11 is 0.812. The molecule has 0 atom stereocenters. The number of esters is 1. The van der Waals surface area contributed by atoms with Crippen molar-refractivity contribution in [3.63, 3.8) is 0 Å². The molecule has 1 N–H and O–H groups in total. The van der Waals surface area contributed by atoms with E-state index < -0.39 is 21.5 Å². The van der Waals surface area contributed by atoms with Gasteiger partial charge in [0.15, 0.2) is 0 Å². The summed E-state index contributed by atoms with van der Waals surface area (Å²) in [6, 6.07) is 2.83. The number of benzene rings is 1. The molecule has 0 bridgehead atoms. The Morgan fingerprint density at radius 3 is 2.58 bits per heavy atom. The smallest absolute Gasteiger partial charge is 0.457 e. The fourth-order valence-corrected chi connectivity index (χ4v) is 5.27. The molecule has 0 amide bonds. The van der Waals surface area contributed by atoms with E-state index in [2.05, 4.69) is 20.4 Å². The van der Waals surface area contributed by atoms with Gasteiger partial charge in [-0.2, -0.15) is 21.6 Å². The van der Waals surface area contributed by atoms with Gasteiger partial charge in [-0.25, -0.2) is 4.79 Å². The van der Waals surface area contributed by atoms with Crippen molar-refractivity contribution in [1.29, 1.82) is 0 Å². The van der Waals surface area contributed by atoms with Crippen molar-refractivity contribution in [2.24, 2.45) is 10.2 Å². The van der Waals surface area contributed by atoms with Crippen LogP contribution >= 0.6 is 11.3 Å². The molecule has 1 aromatic carbocycles. The van der Waals surface area contributed by atoms with E-state index in [1.165, 1.54) is 12.1 Å². The van der Waals surface area contributed by atoms with E-state index in [1.54, 1.807) is 11.8 Å². The van der Waals surface area contributed by atoms with Gasteiger partial charge in [-0.15, -0.1) is 20.4 Å². The first kappa shape index (κ1) is 26.3. The van der Waals surface area contributed by atoms with Crippen LogP contribution in [0.5, 0.6) is 0 Å². The summed E-state index contributed by atoms with van der Waals surface area (Å²) in [6.07, 6.45) is 4.16. The van der Waals surface area contributed by atoms with Gasteiger partial charge in [0, 0.05) is 19.3 Å². The number of halogens is 3. The maximum Gasteiger partial charge on any atom is 0.516 e. The molecule has 10 nitrogen and oxygen atoms in total. The second-order valence-electron chi connectivity index (χ2n) is 9.39. The summed E-state index contributed by atoms with van der Waals surface area (Å²) in [6.45, 7) is 4.59. The van der Waals surface area contributed by atoms with Gasteiger partial charge in [0.2, 0.25) is 5.01 Å².